The highest BCUT2D eigenvalue weighted by atomic mass is 16.5. The largest absolute Gasteiger partial charge is 0.373 e. The van der Waals surface area contributed by atoms with Gasteiger partial charge < -0.3 is 4.74 Å². The molecule has 2 atom stereocenters. The lowest BCUT2D eigenvalue weighted by atomic mass is 10.1. The molecule has 0 heterocycles. The summed E-state index contributed by atoms with van der Waals surface area (Å²) in [5, 5.41) is 0. The van der Waals surface area contributed by atoms with Crippen LogP contribution in [0.2, 0.25) is 0 Å². The van der Waals surface area contributed by atoms with E-state index in [1.165, 1.54) is 12.0 Å². The van der Waals surface area contributed by atoms with Crippen LogP contribution >= 0.6 is 0 Å². The summed E-state index contributed by atoms with van der Waals surface area (Å²) in [6.45, 7) is 1.20. The van der Waals surface area contributed by atoms with E-state index in [4.69, 9.17) is 4.74 Å². The molecule has 0 amide bonds. The Bertz CT molecular complexity index is 384. The molecule has 17 heavy (non-hydrogen) atoms. The molecule has 0 aliphatic heterocycles. The van der Waals surface area contributed by atoms with Crippen LogP contribution in [0.4, 0.5) is 0 Å². The predicted molar refractivity (Wildman–Crippen MR) is 65.3 cm³/mol. The van der Waals surface area contributed by atoms with Gasteiger partial charge in [0.1, 0.15) is 0 Å². The minimum absolute atomic E-state index is 0.243. The van der Waals surface area contributed by atoms with Gasteiger partial charge in [0.25, 0.3) is 0 Å². The van der Waals surface area contributed by atoms with E-state index in [1.807, 2.05) is 18.2 Å². The van der Waals surface area contributed by atoms with Crippen LogP contribution in [0.25, 0.3) is 0 Å². The van der Waals surface area contributed by atoms with Gasteiger partial charge in [-0.2, -0.15) is 0 Å². The summed E-state index contributed by atoms with van der Waals surface area (Å²) in [6.07, 6.45) is 5.19. The third-order valence-corrected chi connectivity index (χ3v) is 3.29. The van der Waals surface area contributed by atoms with Crippen LogP contribution in [-0.4, -0.2) is 18.7 Å². The molecule has 0 N–H and O–H groups in total. The van der Waals surface area contributed by atoms with E-state index in [2.05, 4.69) is 17.1 Å². The van der Waals surface area contributed by atoms with E-state index >= 15 is 0 Å². The van der Waals surface area contributed by atoms with Gasteiger partial charge >= 0.3 is 0 Å². The summed E-state index contributed by atoms with van der Waals surface area (Å²) in [4.78, 5) is 13.8. The number of hydrogen-bond donors (Lipinski definition) is 0. The third kappa shape index (κ3) is 3.52. The topological polar surface area (TPSA) is 38.7 Å². The predicted octanol–water partition coefficient (Wildman–Crippen LogP) is 2.71. The molecule has 1 aromatic rings. The van der Waals surface area contributed by atoms with Gasteiger partial charge in [-0.25, -0.2) is 9.79 Å². The fourth-order valence-corrected chi connectivity index (χ4v) is 2.36. The van der Waals surface area contributed by atoms with Crippen molar-refractivity contribution in [3.63, 3.8) is 0 Å². The van der Waals surface area contributed by atoms with Crippen LogP contribution in [0.3, 0.4) is 0 Å². The quantitative estimate of drug-likeness (QED) is 0.577. The zero-order valence-electron chi connectivity index (χ0n) is 9.84. The molecule has 3 nitrogen and oxygen atoms in total. The number of hydrogen-bond acceptors (Lipinski definition) is 3. The van der Waals surface area contributed by atoms with Crippen LogP contribution in [0.1, 0.15) is 24.8 Å². The Morgan fingerprint density at radius 3 is 2.88 bits per heavy atom. The van der Waals surface area contributed by atoms with E-state index in [9.17, 15) is 4.79 Å². The van der Waals surface area contributed by atoms with E-state index in [0.29, 0.717) is 19.1 Å². The van der Waals surface area contributed by atoms with Crippen molar-refractivity contribution in [1.82, 2.24) is 0 Å². The van der Waals surface area contributed by atoms with Crippen molar-refractivity contribution in [1.29, 1.82) is 0 Å². The lowest BCUT2D eigenvalue weighted by molar-refractivity contribution is 0.0184. The van der Waals surface area contributed by atoms with Crippen LogP contribution in [-0.2, 0) is 16.1 Å². The monoisotopic (exact) mass is 231 g/mol. The SMILES string of the molecule is O=C=NCC1CCCC1OCc1ccccc1. The highest BCUT2D eigenvalue weighted by Gasteiger charge is 2.27. The molecular formula is C14H17NO2. The Morgan fingerprint density at radius 2 is 2.12 bits per heavy atom. The van der Waals surface area contributed by atoms with Crippen molar-refractivity contribution in [2.45, 2.75) is 32.0 Å². The van der Waals surface area contributed by atoms with Gasteiger partial charge in [0.15, 0.2) is 0 Å². The highest BCUT2D eigenvalue weighted by molar-refractivity contribution is 5.32. The molecule has 0 spiro atoms. The van der Waals surface area contributed by atoms with E-state index in [-0.39, 0.29) is 6.10 Å². The normalized spacial score (nSPS) is 23.3. The number of rotatable bonds is 5. The summed E-state index contributed by atoms with van der Waals surface area (Å²) < 4.78 is 5.91. The maximum absolute atomic E-state index is 10.1. The molecule has 1 aliphatic rings. The molecular weight excluding hydrogens is 214 g/mol. The molecule has 1 aliphatic carbocycles. The van der Waals surface area contributed by atoms with E-state index in [1.54, 1.807) is 6.08 Å². The number of benzene rings is 1. The second-order valence-electron chi connectivity index (χ2n) is 4.46. The fraction of sp³-hybridized carbons (Fsp3) is 0.500. The van der Waals surface area contributed by atoms with Crippen molar-refractivity contribution in [2.75, 3.05) is 6.54 Å². The summed E-state index contributed by atoms with van der Waals surface area (Å²) in [6, 6.07) is 10.2. The molecule has 0 saturated heterocycles. The first-order chi connectivity index (χ1) is 8.40. The Kier molecular flexibility index (Phi) is 4.48. The Balaban J connectivity index is 1.83. The summed E-state index contributed by atoms with van der Waals surface area (Å²) >= 11 is 0. The van der Waals surface area contributed by atoms with Crippen LogP contribution in [0, 0.1) is 5.92 Å². The van der Waals surface area contributed by atoms with Crippen molar-refractivity contribution < 1.29 is 9.53 Å². The molecule has 0 bridgehead atoms. The first-order valence-electron chi connectivity index (χ1n) is 6.09. The van der Waals surface area contributed by atoms with Crippen molar-refractivity contribution in [3.8, 4) is 0 Å². The zero-order valence-corrected chi connectivity index (χ0v) is 9.84. The van der Waals surface area contributed by atoms with Crippen molar-refractivity contribution >= 4 is 6.08 Å². The molecule has 2 unspecified atom stereocenters. The molecule has 90 valence electrons. The van der Waals surface area contributed by atoms with E-state index < -0.39 is 0 Å². The fourth-order valence-electron chi connectivity index (χ4n) is 2.36. The number of nitrogens with zero attached hydrogens (tertiary/aromatic N) is 1. The van der Waals surface area contributed by atoms with Gasteiger partial charge in [-0.1, -0.05) is 36.8 Å². The minimum atomic E-state index is 0.243. The molecule has 1 saturated carbocycles. The Hall–Kier alpha value is -1.44. The number of carbonyl (C=O) groups excluding carboxylic acids is 1. The summed E-state index contributed by atoms with van der Waals surface area (Å²) in [5.41, 5.74) is 1.19. The molecule has 0 aromatic heterocycles. The maximum atomic E-state index is 10.1. The molecule has 2 rings (SSSR count). The van der Waals surface area contributed by atoms with Gasteiger partial charge in [-0.3, -0.25) is 0 Å². The van der Waals surface area contributed by atoms with E-state index in [0.717, 1.165) is 12.8 Å². The van der Waals surface area contributed by atoms with Gasteiger partial charge in [0, 0.05) is 5.92 Å². The number of isocyanates is 1. The standard InChI is InChI=1S/C14H17NO2/c16-11-15-9-13-7-4-8-14(13)17-10-12-5-2-1-3-6-12/h1-3,5-6,13-14H,4,7-10H2. The molecule has 0 radical (unpaired) electrons. The Labute approximate surface area is 102 Å². The van der Waals surface area contributed by atoms with Gasteiger partial charge in [-0.05, 0) is 18.4 Å². The van der Waals surface area contributed by atoms with Gasteiger partial charge in [0.2, 0.25) is 6.08 Å². The lowest BCUT2D eigenvalue weighted by Crippen LogP contribution is -2.20. The number of aliphatic imine (C=N–C) groups is 1. The van der Waals surface area contributed by atoms with Crippen molar-refractivity contribution in [2.24, 2.45) is 10.9 Å². The third-order valence-electron chi connectivity index (χ3n) is 3.29. The average molecular weight is 231 g/mol. The first-order valence-corrected chi connectivity index (χ1v) is 6.09. The second-order valence-corrected chi connectivity index (χ2v) is 4.46. The zero-order chi connectivity index (χ0) is 11.9. The average Bonchev–Trinajstić information content (AvgIpc) is 2.82. The smallest absolute Gasteiger partial charge is 0.234 e. The molecule has 1 fully saturated rings. The highest BCUT2D eigenvalue weighted by Crippen LogP contribution is 2.29. The van der Waals surface area contributed by atoms with Crippen LogP contribution in [0.5, 0.6) is 0 Å². The lowest BCUT2D eigenvalue weighted by Gasteiger charge is -2.18. The first kappa shape index (κ1) is 12.0. The van der Waals surface area contributed by atoms with Crippen LogP contribution < -0.4 is 0 Å². The number of ether oxygens (including phenoxy) is 1. The summed E-state index contributed by atoms with van der Waals surface area (Å²) in [5.74, 6) is 0.389. The van der Waals surface area contributed by atoms with Crippen LogP contribution in [0.15, 0.2) is 35.3 Å². The molecule has 1 aromatic carbocycles. The minimum Gasteiger partial charge on any atom is -0.373 e. The van der Waals surface area contributed by atoms with Gasteiger partial charge in [-0.15, -0.1) is 0 Å². The maximum Gasteiger partial charge on any atom is 0.234 e. The van der Waals surface area contributed by atoms with Crippen molar-refractivity contribution in [3.05, 3.63) is 35.9 Å². The molecule has 3 heteroatoms. The second kappa shape index (κ2) is 6.33. The Morgan fingerprint density at radius 1 is 1.29 bits per heavy atom. The van der Waals surface area contributed by atoms with Gasteiger partial charge in [0.05, 0.1) is 19.3 Å². The summed E-state index contributed by atoms with van der Waals surface area (Å²) in [7, 11) is 0.